The molecule has 1 N–H and O–H groups in total. The number of carboxylic acids is 1. The monoisotopic (exact) mass is 271 g/mol. The normalized spacial score (nSPS) is 12.7. The molecule has 0 aromatic carbocycles. The standard InChI is InChI=1S/C12H21NO4Si/c1-12(2,3)18(4,5)17-7-6-10-9(11(14)15)8-16-13-10/h8H,6-7H2,1-5H3,(H,14,15). The van der Waals surface area contributed by atoms with Gasteiger partial charge in [0, 0.05) is 13.0 Å². The Bertz CT molecular complexity index is 420. The number of carbonyl (C=O) groups is 1. The number of nitrogens with zero attached hydrogens (tertiary/aromatic N) is 1. The lowest BCUT2D eigenvalue weighted by atomic mass is 10.2. The molecule has 0 aliphatic heterocycles. The molecule has 0 aliphatic carbocycles. The van der Waals surface area contributed by atoms with Crippen LogP contribution in [0.5, 0.6) is 0 Å². The zero-order chi connectivity index (χ0) is 14.0. The van der Waals surface area contributed by atoms with Crippen LogP contribution >= 0.6 is 0 Å². The smallest absolute Gasteiger partial charge is 0.340 e. The molecule has 1 aromatic heterocycles. The number of hydrogen-bond donors (Lipinski definition) is 1. The van der Waals surface area contributed by atoms with Crippen molar-refractivity contribution in [3.8, 4) is 0 Å². The lowest BCUT2D eigenvalue weighted by molar-refractivity contribution is 0.0695. The molecule has 0 bridgehead atoms. The van der Waals surface area contributed by atoms with Gasteiger partial charge in [-0.2, -0.15) is 0 Å². The van der Waals surface area contributed by atoms with E-state index in [1.54, 1.807) is 0 Å². The van der Waals surface area contributed by atoms with Crippen molar-refractivity contribution in [1.29, 1.82) is 0 Å². The maximum atomic E-state index is 10.9. The Morgan fingerprint density at radius 2 is 2.11 bits per heavy atom. The molecule has 5 nitrogen and oxygen atoms in total. The lowest BCUT2D eigenvalue weighted by Crippen LogP contribution is -2.41. The fourth-order valence-electron chi connectivity index (χ4n) is 1.23. The first-order chi connectivity index (χ1) is 8.15. The summed E-state index contributed by atoms with van der Waals surface area (Å²) in [7, 11) is -1.79. The van der Waals surface area contributed by atoms with E-state index in [-0.39, 0.29) is 10.6 Å². The van der Waals surface area contributed by atoms with Crippen molar-refractivity contribution in [2.24, 2.45) is 0 Å². The molecule has 18 heavy (non-hydrogen) atoms. The molecule has 0 fully saturated rings. The second-order valence-corrected chi connectivity index (χ2v) is 10.6. The van der Waals surface area contributed by atoms with Gasteiger partial charge < -0.3 is 14.1 Å². The van der Waals surface area contributed by atoms with Gasteiger partial charge in [-0.15, -0.1) is 0 Å². The Balaban J connectivity index is 2.57. The predicted octanol–water partition coefficient (Wildman–Crippen LogP) is 2.94. The number of aromatic carboxylic acids is 1. The second kappa shape index (κ2) is 5.24. The maximum Gasteiger partial charge on any atom is 0.340 e. The summed E-state index contributed by atoms with van der Waals surface area (Å²) in [4.78, 5) is 10.9. The van der Waals surface area contributed by atoms with Crippen molar-refractivity contribution in [1.82, 2.24) is 5.16 Å². The van der Waals surface area contributed by atoms with Crippen LogP contribution in [0.1, 0.15) is 36.8 Å². The molecule has 102 valence electrons. The van der Waals surface area contributed by atoms with Crippen molar-refractivity contribution in [3.05, 3.63) is 17.5 Å². The van der Waals surface area contributed by atoms with Gasteiger partial charge in [-0.25, -0.2) is 4.79 Å². The van der Waals surface area contributed by atoms with E-state index >= 15 is 0 Å². The SMILES string of the molecule is CC(C)(C)[Si](C)(C)OCCc1nocc1C(=O)O. The Labute approximate surface area is 108 Å². The number of rotatable bonds is 5. The Kier molecular flexibility index (Phi) is 4.34. The van der Waals surface area contributed by atoms with E-state index in [9.17, 15) is 4.79 Å². The summed E-state index contributed by atoms with van der Waals surface area (Å²) in [6.45, 7) is 11.3. The molecular formula is C12H21NO4Si. The molecule has 1 heterocycles. The average Bonchev–Trinajstić information content (AvgIpc) is 2.63. The van der Waals surface area contributed by atoms with Crippen molar-refractivity contribution >= 4 is 14.3 Å². The number of hydrogen-bond acceptors (Lipinski definition) is 4. The fourth-order valence-corrected chi connectivity index (χ4v) is 2.28. The van der Waals surface area contributed by atoms with Crippen LogP contribution in [0.2, 0.25) is 18.1 Å². The summed E-state index contributed by atoms with van der Waals surface area (Å²) >= 11 is 0. The first kappa shape index (κ1) is 14.9. The fraction of sp³-hybridized carbons (Fsp3) is 0.667. The second-order valence-electron chi connectivity index (χ2n) is 5.84. The van der Waals surface area contributed by atoms with Crippen LogP contribution in [0, 0.1) is 0 Å². The van der Waals surface area contributed by atoms with Gasteiger partial charge in [-0.3, -0.25) is 0 Å². The van der Waals surface area contributed by atoms with E-state index in [0.717, 1.165) is 6.26 Å². The van der Waals surface area contributed by atoms with Gasteiger partial charge in [-0.1, -0.05) is 25.9 Å². The minimum absolute atomic E-state index is 0.119. The quantitative estimate of drug-likeness (QED) is 0.834. The van der Waals surface area contributed by atoms with Crippen LogP contribution in [-0.4, -0.2) is 31.2 Å². The van der Waals surface area contributed by atoms with E-state index < -0.39 is 14.3 Å². The Morgan fingerprint density at radius 1 is 1.50 bits per heavy atom. The van der Waals surface area contributed by atoms with Crippen LogP contribution in [0.3, 0.4) is 0 Å². The third kappa shape index (κ3) is 3.43. The first-order valence-corrected chi connectivity index (χ1v) is 8.86. The Morgan fingerprint density at radius 3 is 2.61 bits per heavy atom. The molecule has 0 amide bonds. The largest absolute Gasteiger partial charge is 0.478 e. The molecule has 0 aliphatic rings. The van der Waals surface area contributed by atoms with Gasteiger partial charge in [0.1, 0.15) is 17.5 Å². The highest BCUT2D eigenvalue weighted by Gasteiger charge is 2.37. The molecule has 0 saturated heterocycles. The van der Waals surface area contributed by atoms with Gasteiger partial charge in [0.15, 0.2) is 8.32 Å². The summed E-state index contributed by atoms with van der Waals surface area (Å²) in [5.74, 6) is -1.02. The van der Waals surface area contributed by atoms with E-state index in [2.05, 4.69) is 43.5 Å². The van der Waals surface area contributed by atoms with Gasteiger partial charge >= 0.3 is 5.97 Å². The highest BCUT2D eigenvalue weighted by Crippen LogP contribution is 2.36. The molecule has 0 spiro atoms. The molecule has 1 rings (SSSR count). The summed E-state index contributed by atoms with van der Waals surface area (Å²) in [6.07, 6.45) is 1.62. The zero-order valence-electron chi connectivity index (χ0n) is 11.6. The summed E-state index contributed by atoms with van der Waals surface area (Å²) < 4.78 is 10.6. The molecule has 0 atom stereocenters. The van der Waals surface area contributed by atoms with Gasteiger partial charge in [0.2, 0.25) is 0 Å². The van der Waals surface area contributed by atoms with Crippen molar-refractivity contribution < 1.29 is 18.9 Å². The average molecular weight is 271 g/mol. The third-order valence-corrected chi connectivity index (χ3v) is 8.02. The van der Waals surface area contributed by atoms with Crippen LogP contribution < -0.4 is 0 Å². The molecule has 6 heteroatoms. The topological polar surface area (TPSA) is 72.6 Å². The van der Waals surface area contributed by atoms with Crippen LogP contribution in [0.15, 0.2) is 10.8 Å². The third-order valence-electron chi connectivity index (χ3n) is 3.48. The minimum atomic E-state index is -1.79. The van der Waals surface area contributed by atoms with Crippen molar-refractivity contribution in [2.45, 2.75) is 45.3 Å². The predicted molar refractivity (Wildman–Crippen MR) is 70.3 cm³/mol. The highest BCUT2D eigenvalue weighted by atomic mass is 28.4. The van der Waals surface area contributed by atoms with E-state index in [0.29, 0.717) is 18.7 Å². The van der Waals surface area contributed by atoms with Crippen LogP contribution in [0.4, 0.5) is 0 Å². The summed E-state index contributed by atoms with van der Waals surface area (Å²) in [5.41, 5.74) is 0.565. The van der Waals surface area contributed by atoms with Crippen molar-refractivity contribution in [2.75, 3.05) is 6.61 Å². The first-order valence-electron chi connectivity index (χ1n) is 5.95. The van der Waals surface area contributed by atoms with Gasteiger partial charge in [0.25, 0.3) is 0 Å². The molecular weight excluding hydrogens is 250 g/mol. The van der Waals surface area contributed by atoms with Gasteiger partial charge in [-0.05, 0) is 18.1 Å². The zero-order valence-corrected chi connectivity index (χ0v) is 12.6. The number of aromatic nitrogens is 1. The van der Waals surface area contributed by atoms with Crippen molar-refractivity contribution in [3.63, 3.8) is 0 Å². The summed E-state index contributed by atoms with van der Waals surface area (Å²) in [5, 5.41) is 12.8. The molecule has 0 radical (unpaired) electrons. The summed E-state index contributed by atoms with van der Waals surface area (Å²) in [6, 6.07) is 0. The minimum Gasteiger partial charge on any atom is -0.478 e. The van der Waals surface area contributed by atoms with Gasteiger partial charge in [0.05, 0.1) is 0 Å². The lowest BCUT2D eigenvalue weighted by Gasteiger charge is -2.36. The maximum absolute atomic E-state index is 10.9. The number of carboxylic acid groups (broad SMARTS) is 1. The highest BCUT2D eigenvalue weighted by molar-refractivity contribution is 6.74. The van der Waals surface area contributed by atoms with E-state index in [1.165, 1.54) is 0 Å². The molecule has 1 aromatic rings. The van der Waals surface area contributed by atoms with E-state index in [1.807, 2.05) is 0 Å². The van der Waals surface area contributed by atoms with Crippen LogP contribution in [0.25, 0.3) is 0 Å². The molecule has 0 saturated carbocycles. The van der Waals surface area contributed by atoms with Crippen LogP contribution in [-0.2, 0) is 10.8 Å². The Hall–Kier alpha value is -1.14. The van der Waals surface area contributed by atoms with E-state index in [4.69, 9.17) is 9.53 Å². The molecule has 0 unspecified atom stereocenters.